The number of carbonyl (C=O) groups is 2. The molecule has 0 saturated heterocycles. The van der Waals surface area contributed by atoms with E-state index >= 15 is 0 Å². The fourth-order valence-corrected chi connectivity index (χ4v) is 2.05. The number of amides is 1. The maximum absolute atomic E-state index is 11.9. The van der Waals surface area contributed by atoms with Crippen LogP contribution in [0.2, 0.25) is 0 Å². The summed E-state index contributed by atoms with van der Waals surface area (Å²) in [6.07, 6.45) is -0.315. The van der Waals surface area contributed by atoms with Crippen LogP contribution in [0.3, 0.4) is 0 Å². The SMILES string of the molecule is CC(C)[C@H](C(=O)C=[N+]=N)N(Cc1ccccc1)C(=O)O. The van der Waals surface area contributed by atoms with Crippen molar-refractivity contribution in [3.05, 3.63) is 35.9 Å². The third-order valence-electron chi connectivity index (χ3n) is 2.89. The van der Waals surface area contributed by atoms with E-state index in [9.17, 15) is 14.7 Å². The Bertz CT molecular complexity index is 522. The van der Waals surface area contributed by atoms with Gasteiger partial charge in [0.1, 0.15) is 6.04 Å². The minimum absolute atomic E-state index is 0.122. The van der Waals surface area contributed by atoms with Crippen molar-refractivity contribution in [3.8, 4) is 0 Å². The topological polar surface area (TPSA) is 95.6 Å². The van der Waals surface area contributed by atoms with E-state index < -0.39 is 17.9 Å². The highest BCUT2D eigenvalue weighted by molar-refractivity contribution is 6.28. The molecule has 0 heterocycles. The molecule has 6 nitrogen and oxygen atoms in total. The van der Waals surface area contributed by atoms with E-state index in [0.717, 1.165) is 16.7 Å². The normalized spacial score (nSPS) is 11.6. The Hall–Kier alpha value is -2.46. The van der Waals surface area contributed by atoms with Crippen molar-refractivity contribution in [2.24, 2.45) is 5.92 Å². The van der Waals surface area contributed by atoms with Crippen LogP contribution in [0, 0.1) is 11.4 Å². The second kappa shape index (κ2) is 7.21. The van der Waals surface area contributed by atoms with E-state index in [0.29, 0.717) is 0 Å². The van der Waals surface area contributed by atoms with Gasteiger partial charge >= 0.3 is 12.3 Å². The molecule has 0 aliphatic rings. The van der Waals surface area contributed by atoms with E-state index in [1.807, 2.05) is 18.2 Å². The Morgan fingerprint density at radius 1 is 1.35 bits per heavy atom. The zero-order valence-corrected chi connectivity index (χ0v) is 11.5. The van der Waals surface area contributed by atoms with Crippen LogP contribution in [0.15, 0.2) is 30.3 Å². The molecule has 6 heteroatoms. The first kappa shape index (κ1) is 15.6. The smallest absolute Gasteiger partial charge is 0.408 e. The number of nitrogens with one attached hydrogen (secondary N) is 1. The van der Waals surface area contributed by atoms with E-state index in [4.69, 9.17) is 5.53 Å². The Balaban J connectivity index is 3.06. The molecule has 0 aromatic heterocycles. The molecule has 0 bridgehead atoms. The first-order valence-electron chi connectivity index (χ1n) is 6.24. The zero-order valence-electron chi connectivity index (χ0n) is 11.5. The lowest BCUT2D eigenvalue weighted by Crippen LogP contribution is -2.47. The van der Waals surface area contributed by atoms with Crippen molar-refractivity contribution in [1.82, 2.24) is 4.90 Å². The third-order valence-corrected chi connectivity index (χ3v) is 2.89. The van der Waals surface area contributed by atoms with E-state index in [-0.39, 0.29) is 12.5 Å². The van der Waals surface area contributed by atoms with Gasteiger partial charge in [-0.3, -0.25) is 9.69 Å². The van der Waals surface area contributed by atoms with Crippen LogP contribution in [0.1, 0.15) is 19.4 Å². The Morgan fingerprint density at radius 2 is 1.95 bits per heavy atom. The van der Waals surface area contributed by atoms with Crippen molar-refractivity contribution in [3.63, 3.8) is 0 Å². The monoisotopic (exact) mass is 276 g/mol. The van der Waals surface area contributed by atoms with Crippen LogP contribution >= 0.6 is 0 Å². The molecule has 0 spiro atoms. The molecule has 2 N–H and O–H groups in total. The number of carbonyl (C=O) groups excluding carboxylic acids is 1. The van der Waals surface area contributed by atoms with Crippen LogP contribution in [0.25, 0.3) is 0 Å². The van der Waals surface area contributed by atoms with Crippen LogP contribution in [-0.2, 0) is 11.3 Å². The average Bonchev–Trinajstić information content (AvgIpc) is 2.39. The fourth-order valence-electron chi connectivity index (χ4n) is 2.05. The van der Waals surface area contributed by atoms with Crippen LogP contribution in [-0.4, -0.2) is 38.9 Å². The van der Waals surface area contributed by atoms with Gasteiger partial charge in [-0.15, -0.1) is 0 Å². The summed E-state index contributed by atoms with van der Waals surface area (Å²) >= 11 is 0. The molecule has 0 unspecified atom stereocenters. The van der Waals surface area contributed by atoms with E-state index in [1.165, 1.54) is 0 Å². The van der Waals surface area contributed by atoms with Crippen molar-refractivity contribution in [2.45, 2.75) is 26.4 Å². The Morgan fingerprint density at radius 3 is 2.40 bits per heavy atom. The predicted octanol–water partition coefficient (Wildman–Crippen LogP) is 2.07. The quantitative estimate of drug-likeness (QED) is 0.473. The predicted molar refractivity (Wildman–Crippen MR) is 72.7 cm³/mol. The van der Waals surface area contributed by atoms with Gasteiger partial charge in [-0.05, 0) is 11.5 Å². The van der Waals surface area contributed by atoms with Crippen molar-refractivity contribution < 1.29 is 19.5 Å². The average molecular weight is 276 g/mol. The second-order valence-electron chi connectivity index (χ2n) is 4.75. The molecule has 20 heavy (non-hydrogen) atoms. The maximum Gasteiger partial charge on any atom is 0.408 e. The molecule has 1 aromatic carbocycles. The molecule has 0 fully saturated rings. The molecule has 1 atom stereocenters. The molecule has 1 amide bonds. The lowest BCUT2D eigenvalue weighted by atomic mass is 9.98. The number of ketones is 1. The highest BCUT2D eigenvalue weighted by Crippen LogP contribution is 2.16. The highest BCUT2D eigenvalue weighted by atomic mass is 16.4. The maximum atomic E-state index is 11.9. The molecule has 1 rings (SSSR count). The van der Waals surface area contributed by atoms with Crippen molar-refractivity contribution >= 4 is 18.1 Å². The van der Waals surface area contributed by atoms with E-state index in [2.05, 4.69) is 4.79 Å². The zero-order chi connectivity index (χ0) is 15.1. The van der Waals surface area contributed by atoms with Crippen molar-refractivity contribution in [2.75, 3.05) is 0 Å². The first-order valence-corrected chi connectivity index (χ1v) is 6.24. The minimum atomic E-state index is -1.17. The molecular weight excluding hydrogens is 258 g/mol. The van der Waals surface area contributed by atoms with Crippen LogP contribution < -0.4 is 0 Å². The van der Waals surface area contributed by atoms with Crippen LogP contribution in [0.4, 0.5) is 4.79 Å². The van der Waals surface area contributed by atoms with Gasteiger partial charge in [-0.2, -0.15) is 0 Å². The summed E-state index contributed by atoms with van der Waals surface area (Å²) in [4.78, 5) is 27.4. The number of carboxylic acid groups (broad SMARTS) is 1. The lowest BCUT2D eigenvalue weighted by Gasteiger charge is -2.29. The number of hydrogen-bond donors (Lipinski definition) is 2. The summed E-state index contributed by atoms with van der Waals surface area (Å²) in [5.41, 5.74) is 7.52. The first-order chi connectivity index (χ1) is 9.47. The number of rotatable bonds is 6. The summed E-state index contributed by atoms with van der Waals surface area (Å²) in [7, 11) is 0. The minimum Gasteiger partial charge on any atom is -0.465 e. The van der Waals surface area contributed by atoms with Gasteiger partial charge < -0.3 is 5.11 Å². The largest absolute Gasteiger partial charge is 0.465 e. The summed E-state index contributed by atoms with van der Waals surface area (Å²) in [5.74, 6) is -0.686. The molecule has 1 aromatic rings. The van der Waals surface area contributed by atoms with Gasteiger partial charge in [0.25, 0.3) is 5.78 Å². The van der Waals surface area contributed by atoms with Gasteiger partial charge in [0.2, 0.25) is 0 Å². The number of hydrogen-bond acceptors (Lipinski definition) is 3. The summed E-state index contributed by atoms with van der Waals surface area (Å²) in [5, 5.41) is 9.35. The molecule has 0 saturated carbocycles. The van der Waals surface area contributed by atoms with Gasteiger partial charge in [-0.1, -0.05) is 44.2 Å². The fraction of sp³-hybridized carbons (Fsp3) is 0.357. The summed E-state index contributed by atoms with van der Waals surface area (Å²) in [6, 6.07) is 8.22. The van der Waals surface area contributed by atoms with Crippen molar-refractivity contribution in [1.29, 1.82) is 5.53 Å². The number of nitrogens with zero attached hydrogens (tertiary/aromatic N) is 2. The highest BCUT2D eigenvalue weighted by Gasteiger charge is 2.33. The van der Waals surface area contributed by atoms with Gasteiger partial charge in [0, 0.05) is 6.54 Å². The van der Waals surface area contributed by atoms with Gasteiger partial charge in [0.15, 0.2) is 0 Å². The lowest BCUT2D eigenvalue weighted by molar-refractivity contribution is -0.135. The molecular formula is C14H18N3O3+. The molecule has 106 valence electrons. The standard InChI is InChI=1S/C14H17N3O3/c1-10(2)13(12(18)8-16-15)17(14(19)20)9-11-6-4-3-5-7-11/h3-8,10,13,15H,9H2,1-2H3/p+1/t13-/m1/s1. The van der Waals surface area contributed by atoms with Crippen LogP contribution in [0.5, 0.6) is 0 Å². The number of benzene rings is 1. The van der Waals surface area contributed by atoms with E-state index in [1.54, 1.807) is 26.0 Å². The van der Waals surface area contributed by atoms with Gasteiger partial charge in [-0.25, -0.2) is 4.79 Å². The molecule has 0 radical (unpaired) electrons. The third kappa shape index (κ3) is 4.03. The summed E-state index contributed by atoms with van der Waals surface area (Å²) in [6.45, 7) is 3.65. The Labute approximate surface area is 117 Å². The molecule has 0 aliphatic heterocycles. The molecule has 0 aliphatic carbocycles. The van der Waals surface area contributed by atoms with Gasteiger partial charge in [0.05, 0.1) is 10.3 Å². The second-order valence-corrected chi connectivity index (χ2v) is 4.75. The number of Topliss-reactive ketones (excluding diaryl/α,β-unsaturated/α-hetero) is 1. The Kier molecular flexibility index (Phi) is 5.62. The summed E-state index contributed by atoms with van der Waals surface area (Å²) < 4.78 is 0.